The van der Waals surface area contributed by atoms with E-state index < -0.39 is 36.0 Å². The second kappa shape index (κ2) is 6.17. The molecule has 2 fully saturated rings. The van der Waals surface area contributed by atoms with Crippen molar-refractivity contribution in [3.8, 4) is 0 Å². The zero-order valence-electron chi connectivity index (χ0n) is 11.3. The molecule has 2 aliphatic rings. The Hall–Kier alpha value is -2.03. The van der Waals surface area contributed by atoms with Gasteiger partial charge < -0.3 is 10.6 Å². The molecular formula is C12H16N4O4S. The van der Waals surface area contributed by atoms with Crippen LogP contribution in [0.25, 0.3) is 0 Å². The van der Waals surface area contributed by atoms with Crippen LogP contribution in [0.3, 0.4) is 0 Å². The van der Waals surface area contributed by atoms with Gasteiger partial charge in [0.15, 0.2) is 0 Å². The van der Waals surface area contributed by atoms with E-state index in [1.165, 1.54) is 6.08 Å². The van der Waals surface area contributed by atoms with E-state index in [2.05, 4.69) is 17.2 Å². The first kappa shape index (κ1) is 15.4. The van der Waals surface area contributed by atoms with E-state index in [9.17, 15) is 19.2 Å². The maximum Gasteiger partial charge on any atom is 0.325 e. The van der Waals surface area contributed by atoms with Crippen LogP contribution < -0.4 is 16.0 Å². The highest BCUT2D eigenvalue weighted by Crippen LogP contribution is 2.33. The van der Waals surface area contributed by atoms with Crippen molar-refractivity contribution in [2.45, 2.75) is 12.0 Å². The van der Waals surface area contributed by atoms with Crippen LogP contribution >= 0.6 is 11.8 Å². The van der Waals surface area contributed by atoms with Crippen LogP contribution in [0.2, 0.25) is 0 Å². The monoisotopic (exact) mass is 312 g/mol. The lowest BCUT2D eigenvalue weighted by Gasteiger charge is -2.18. The Morgan fingerprint density at radius 1 is 1.48 bits per heavy atom. The molecule has 0 aliphatic carbocycles. The third-order valence-corrected chi connectivity index (χ3v) is 4.42. The van der Waals surface area contributed by atoms with Gasteiger partial charge in [-0.05, 0) is 12.2 Å². The van der Waals surface area contributed by atoms with Gasteiger partial charge in [-0.15, -0.1) is 6.58 Å². The van der Waals surface area contributed by atoms with Crippen molar-refractivity contribution in [2.24, 2.45) is 0 Å². The molecule has 0 saturated carbocycles. The second-order valence-electron chi connectivity index (χ2n) is 4.75. The lowest BCUT2D eigenvalue weighted by molar-refractivity contribution is -0.134. The molecule has 3 N–H and O–H groups in total. The average molecular weight is 312 g/mol. The Morgan fingerprint density at radius 3 is 2.86 bits per heavy atom. The summed E-state index contributed by atoms with van der Waals surface area (Å²) in [5.41, 5.74) is -0.882. The Bertz CT molecular complexity index is 501. The quantitative estimate of drug-likeness (QED) is 0.476. The molecule has 0 aromatic carbocycles. The predicted octanol–water partition coefficient (Wildman–Crippen LogP) is -0.574. The lowest BCUT2D eigenvalue weighted by atomic mass is 9.99. The number of hydrogen-bond donors (Lipinski definition) is 3. The summed E-state index contributed by atoms with van der Waals surface area (Å²) in [6, 6.07) is -1.29. The van der Waals surface area contributed by atoms with Crippen LogP contribution in [0, 0.1) is 0 Å². The third-order valence-electron chi connectivity index (χ3n) is 3.23. The maximum atomic E-state index is 12.3. The second-order valence-corrected chi connectivity index (χ2v) is 5.86. The van der Waals surface area contributed by atoms with Crippen LogP contribution in [0.5, 0.6) is 0 Å². The van der Waals surface area contributed by atoms with Gasteiger partial charge in [0.05, 0.1) is 0 Å². The number of carbonyl (C=O) groups excluding carboxylic acids is 4. The molecule has 0 radical (unpaired) electrons. The minimum atomic E-state index is -0.882. The zero-order valence-corrected chi connectivity index (χ0v) is 12.1. The molecular weight excluding hydrogens is 296 g/mol. The van der Waals surface area contributed by atoms with Crippen molar-refractivity contribution < 1.29 is 19.2 Å². The number of amides is 6. The number of carbonyl (C=O) groups is 4. The summed E-state index contributed by atoms with van der Waals surface area (Å²) < 4.78 is 0. The number of urea groups is 2. The molecule has 21 heavy (non-hydrogen) atoms. The van der Waals surface area contributed by atoms with Gasteiger partial charge in [-0.25, -0.2) is 9.59 Å². The van der Waals surface area contributed by atoms with E-state index in [0.29, 0.717) is 12.2 Å². The normalized spacial score (nSPS) is 24.1. The van der Waals surface area contributed by atoms with Gasteiger partial charge in [0.2, 0.25) is 5.91 Å². The van der Waals surface area contributed by atoms with Gasteiger partial charge in [0.1, 0.15) is 12.1 Å². The molecule has 1 spiro atoms. The van der Waals surface area contributed by atoms with Gasteiger partial charge in [-0.3, -0.25) is 19.8 Å². The van der Waals surface area contributed by atoms with Gasteiger partial charge in [0.25, 0.3) is 5.91 Å². The Balaban J connectivity index is 1.92. The van der Waals surface area contributed by atoms with E-state index in [4.69, 9.17) is 0 Å². The van der Waals surface area contributed by atoms with Crippen molar-refractivity contribution in [3.63, 3.8) is 0 Å². The summed E-state index contributed by atoms with van der Waals surface area (Å²) >= 11 is 1.58. The van der Waals surface area contributed by atoms with E-state index >= 15 is 0 Å². The first-order valence-corrected chi connectivity index (χ1v) is 7.54. The topological polar surface area (TPSA) is 108 Å². The summed E-state index contributed by atoms with van der Waals surface area (Å²) in [6.07, 6.45) is 2.02. The van der Waals surface area contributed by atoms with Crippen LogP contribution in [0.1, 0.15) is 6.42 Å². The first-order valence-electron chi connectivity index (χ1n) is 6.39. The summed E-state index contributed by atoms with van der Waals surface area (Å²) in [7, 11) is 0. The molecule has 0 aromatic rings. The zero-order chi connectivity index (χ0) is 15.5. The van der Waals surface area contributed by atoms with Crippen molar-refractivity contribution in [1.29, 1.82) is 0 Å². The maximum absolute atomic E-state index is 12.3. The number of nitrogens with zero attached hydrogens (tertiary/aromatic N) is 1. The molecule has 1 unspecified atom stereocenters. The number of thioether (sulfide) groups is 1. The summed E-state index contributed by atoms with van der Waals surface area (Å²) in [6.45, 7) is 3.16. The van der Waals surface area contributed by atoms with Gasteiger partial charge >= 0.3 is 12.1 Å². The van der Waals surface area contributed by atoms with Gasteiger partial charge in [-0.2, -0.15) is 11.8 Å². The van der Waals surface area contributed by atoms with Crippen LogP contribution in [0.4, 0.5) is 9.59 Å². The molecule has 1 atom stereocenters. The summed E-state index contributed by atoms with van der Waals surface area (Å²) in [5.74, 6) is 0.174. The summed E-state index contributed by atoms with van der Waals surface area (Å²) in [5, 5.41) is 7.05. The molecule has 2 rings (SSSR count). The number of imide groups is 2. The summed E-state index contributed by atoms with van der Waals surface area (Å²) in [4.78, 5) is 47.9. The fourth-order valence-electron chi connectivity index (χ4n) is 2.17. The molecule has 114 valence electrons. The van der Waals surface area contributed by atoms with E-state index in [1.807, 2.05) is 5.32 Å². The number of hydrogen-bond acceptors (Lipinski definition) is 5. The van der Waals surface area contributed by atoms with Crippen molar-refractivity contribution in [2.75, 3.05) is 24.6 Å². The van der Waals surface area contributed by atoms with Crippen molar-refractivity contribution >= 4 is 35.6 Å². The van der Waals surface area contributed by atoms with Crippen LogP contribution in [-0.4, -0.2) is 58.9 Å². The molecule has 2 aliphatic heterocycles. The minimum Gasteiger partial charge on any atom is -0.334 e. The molecule has 2 saturated heterocycles. The predicted molar refractivity (Wildman–Crippen MR) is 76.7 cm³/mol. The molecule has 0 aromatic heterocycles. The fourth-order valence-corrected chi connectivity index (χ4v) is 3.50. The Kier molecular flexibility index (Phi) is 4.51. The molecule has 0 bridgehead atoms. The molecule has 9 heteroatoms. The minimum absolute atomic E-state index is 0.211. The van der Waals surface area contributed by atoms with Crippen molar-refractivity contribution in [1.82, 2.24) is 20.9 Å². The molecule has 8 nitrogen and oxygen atoms in total. The number of nitrogens with one attached hydrogen (secondary N) is 3. The van der Waals surface area contributed by atoms with Crippen molar-refractivity contribution in [3.05, 3.63) is 12.7 Å². The average Bonchev–Trinajstić information content (AvgIpc) is 2.98. The highest BCUT2D eigenvalue weighted by Gasteiger charge is 2.53. The van der Waals surface area contributed by atoms with Crippen LogP contribution in [-0.2, 0) is 9.59 Å². The highest BCUT2D eigenvalue weighted by molar-refractivity contribution is 7.99. The third kappa shape index (κ3) is 3.18. The first-order chi connectivity index (χ1) is 9.98. The van der Waals surface area contributed by atoms with E-state index in [0.717, 1.165) is 10.7 Å². The van der Waals surface area contributed by atoms with Crippen LogP contribution in [0.15, 0.2) is 12.7 Å². The molecule has 6 amide bonds. The van der Waals surface area contributed by atoms with E-state index in [-0.39, 0.29) is 6.54 Å². The molecule has 2 heterocycles. The standard InChI is InChI=1S/C12H16N4O4S/c1-2-4-13-10(19)14-8(17)6-16-9(18)12(15-11(16)20)3-5-21-7-12/h2H,1,3-7H2,(H,15,20)(H2,13,14,17,19). The number of rotatable bonds is 4. The largest absolute Gasteiger partial charge is 0.334 e. The fraction of sp³-hybridized carbons (Fsp3) is 0.500. The van der Waals surface area contributed by atoms with Gasteiger partial charge in [-0.1, -0.05) is 6.08 Å². The smallest absolute Gasteiger partial charge is 0.325 e. The lowest BCUT2D eigenvalue weighted by Crippen LogP contribution is -2.48. The Morgan fingerprint density at radius 2 is 2.24 bits per heavy atom. The Labute approximate surface area is 125 Å². The van der Waals surface area contributed by atoms with Gasteiger partial charge in [0, 0.05) is 12.3 Å². The highest BCUT2D eigenvalue weighted by atomic mass is 32.2. The van der Waals surface area contributed by atoms with E-state index in [1.54, 1.807) is 11.8 Å². The SMILES string of the molecule is C=CCNC(=O)NC(=O)CN1C(=O)NC2(CCSC2)C1=O.